The Morgan fingerprint density at radius 1 is 1.00 bits per heavy atom. The number of hydrogen-bond donors (Lipinski definition) is 1. The van der Waals surface area contributed by atoms with Gasteiger partial charge < -0.3 is 10.2 Å². The maximum absolute atomic E-state index is 13.1. The van der Waals surface area contributed by atoms with Crippen LogP contribution in [0.4, 0.5) is 0 Å². The van der Waals surface area contributed by atoms with Gasteiger partial charge in [0.05, 0.1) is 0 Å². The van der Waals surface area contributed by atoms with Gasteiger partial charge >= 0.3 is 0 Å². The van der Waals surface area contributed by atoms with Gasteiger partial charge in [-0.05, 0) is 69.7 Å². The molecule has 4 rings (SSSR count). The summed E-state index contributed by atoms with van der Waals surface area (Å²) in [5.74, 6) is 2.51. The number of likely N-dealkylation sites (tertiary alicyclic amines) is 1. The number of carbonyl (C=O) groups is 1. The van der Waals surface area contributed by atoms with E-state index < -0.39 is 0 Å². The van der Waals surface area contributed by atoms with Crippen LogP contribution in [0.25, 0.3) is 0 Å². The number of carbonyl (C=O) groups excluding carboxylic acids is 1. The Hall–Kier alpha value is -0.570. The summed E-state index contributed by atoms with van der Waals surface area (Å²) < 4.78 is 0. The van der Waals surface area contributed by atoms with Crippen LogP contribution in [0.1, 0.15) is 57.8 Å². The van der Waals surface area contributed by atoms with Crippen LogP contribution in [-0.2, 0) is 4.79 Å². The Kier molecular flexibility index (Phi) is 3.49. The van der Waals surface area contributed by atoms with Crippen LogP contribution in [-0.4, -0.2) is 36.0 Å². The zero-order valence-electron chi connectivity index (χ0n) is 12.5. The standard InChI is InChI=1S/C17H28N2O/c20-17(14-11-12-6-7-13(14)10-12)19-9-2-1-5-16(19)15-4-3-8-18-15/h12-16,18H,1-11H2. The first-order chi connectivity index (χ1) is 9.83. The normalized spacial score (nSPS) is 44.2. The number of hydrogen-bond acceptors (Lipinski definition) is 2. The van der Waals surface area contributed by atoms with Crippen molar-refractivity contribution in [3.8, 4) is 0 Å². The second kappa shape index (κ2) is 5.32. The van der Waals surface area contributed by atoms with Crippen molar-refractivity contribution < 1.29 is 4.79 Å². The fraction of sp³-hybridized carbons (Fsp3) is 0.941. The van der Waals surface area contributed by atoms with Crippen molar-refractivity contribution in [3.05, 3.63) is 0 Å². The Balaban J connectivity index is 1.48. The van der Waals surface area contributed by atoms with E-state index in [4.69, 9.17) is 0 Å². The third kappa shape index (κ3) is 2.18. The van der Waals surface area contributed by atoms with Crippen LogP contribution >= 0.6 is 0 Å². The lowest BCUT2D eigenvalue weighted by molar-refractivity contribution is -0.141. The lowest BCUT2D eigenvalue weighted by atomic mass is 9.85. The Morgan fingerprint density at radius 3 is 2.65 bits per heavy atom. The molecule has 112 valence electrons. The summed E-state index contributed by atoms with van der Waals surface area (Å²) in [4.78, 5) is 15.4. The average molecular weight is 276 g/mol. The van der Waals surface area contributed by atoms with Crippen LogP contribution in [0, 0.1) is 17.8 Å². The molecule has 4 aliphatic rings. The predicted octanol–water partition coefficient (Wildman–Crippen LogP) is 2.56. The molecule has 1 N–H and O–H groups in total. The molecule has 20 heavy (non-hydrogen) atoms. The molecule has 0 spiro atoms. The van der Waals surface area contributed by atoms with Gasteiger partial charge in [0, 0.05) is 24.5 Å². The summed E-state index contributed by atoms with van der Waals surface area (Å²) >= 11 is 0. The second-order valence-corrected chi connectivity index (χ2v) is 7.58. The molecule has 0 aromatic rings. The third-order valence-electron chi connectivity index (χ3n) is 6.45. The monoisotopic (exact) mass is 276 g/mol. The van der Waals surface area contributed by atoms with Gasteiger partial charge in [-0.2, -0.15) is 0 Å². The van der Waals surface area contributed by atoms with E-state index in [0.717, 1.165) is 24.9 Å². The van der Waals surface area contributed by atoms with Crippen molar-refractivity contribution in [2.75, 3.05) is 13.1 Å². The minimum atomic E-state index is 0.385. The van der Waals surface area contributed by atoms with Crippen molar-refractivity contribution in [1.29, 1.82) is 0 Å². The number of nitrogens with zero attached hydrogens (tertiary/aromatic N) is 1. The van der Waals surface area contributed by atoms with Gasteiger partial charge in [0.15, 0.2) is 0 Å². The Labute approximate surface area is 122 Å². The number of rotatable bonds is 2. The van der Waals surface area contributed by atoms with Gasteiger partial charge in [-0.3, -0.25) is 4.79 Å². The van der Waals surface area contributed by atoms with Crippen LogP contribution in [0.5, 0.6) is 0 Å². The molecule has 0 aromatic carbocycles. The molecule has 2 aliphatic carbocycles. The Bertz CT molecular complexity index is 377. The summed E-state index contributed by atoms with van der Waals surface area (Å²) in [6, 6.07) is 1.08. The fourth-order valence-electron chi connectivity index (χ4n) is 5.45. The fourth-order valence-corrected chi connectivity index (χ4v) is 5.45. The summed E-state index contributed by atoms with van der Waals surface area (Å²) in [7, 11) is 0. The lowest BCUT2D eigenvalue weighted by Gasteiger charge is -2.41. The van der Waals surface area contributed by atoms with Gasteiger partial charge in [0.2, 0.25) is 5.91 Å². The van der Waals surface area contributed by atoms with E-state index in [9.17, 15) is 4.79 Å². The maximum Gasteiger partial charge on any atom is 0.226 e. The van der Waals surface area contributed by atoms with E-state index in [0.29, 0.717) is 23.9 Å². The number of fused-ring (bicyclic) bond motifs is 2. The summed E-state index contributed by atoms with van der Waals surface area (Å²) in [6.07, 6.45) is 11.6. The highest BCUT2D eigenvalue weighted by molar-refractivity contribution is 5.80. The highest BCUT2D eigenvalue weighted by Gasteiger charge is 2.46. The molecular weight excluding hydrogens is 248 g/mol. The van der Waals surface area contributed by atoms with Crippen LogP contribution in [0.15, 0.2) is 0 Å². The molecule has 4 fully saturated rings. The number of amides is 1. The minimum absolute atomic E-state index is 0.385. The molecule has 0 aromatic heterocycles. The summed E-state index contributed by atoms with van der Waals surface area (Å²) in [6.45, 7) is 2.17. The highest BCUT2D eigenvalue weighted by atomic mass is 16.2. The predicted molar refractivity (Wildman–Crippen MR) is 79.3 cm³/mol. The van der Waals surface area contributed by atoms with E-state index in [1.807, 2.05) is 0 Å². The molecule has 2 aliphatic heterocycles. The van der Waals surface area contributed by atoms with E-state index in [2.05, 4.69) is 10.2 Å². The number of piperidine rings is 1. The van der Waals surface area contributed by atoms with Crippen molar-refractivity contribution in [2.45, 2.75) is 69.9 Å². The van der Waals surface area contributed by atoms with Gasteiger partial charge in [-0.25, -0.2) is 0 Å². The van der Waals surface area contributed by atoms with Crippen LogP contribution < -0.4 is 5.32 Å². The minimum Gasteiger partial charge on any atom is -0.338 e. The molecule has 1 amide bonds. The smallest absolute Gasteiger partial charge is 0.226 e. The van der Waals surface area contributed by atoms with E-state index in [1.54, 1.807) is 0 Å². The van der Waals surface area contributed by atoms with E-state index in [1.165, 1.54) is 57.8 Å². The lowest BCUT2D eigenvalue weighted by Crippen LogP contribution is -2.54. The van der Waals surface area contributed by atoms with Gasteiger partial charge in [0.1, 0.15) is 0 Å². The van der Waals surface area contributed by atoms with Crippen molar-refractivity contribution in [2.24, 2.45) is 17.8 Å². The van der Waals surface area contributed by atoms with E-state index >= 15 is 0 Å². The van der Waals surface area contributed by atoms with E-state index in [-0.39, 0.29) is 0 Å². The zero-order chi connectivity index (χ0) is 13.5. The summed E-state index contributed by atoms with van der Waals surface area (Å²) in [5.41, 5.74) is 0. The molecule has 3 heteroatoms. The van der Waals surface area contributed by atoms with Crippen molar-refractivity contribution in [1.82, 2.24) is 10.2 Å². The SMILES string of the molecule is O=C(C1CC2CCC1C2)N1CCCCC1C1CCCN1. The first-order valence-electron chi connectivity index (χ1n) is 8.87. The topological polar surface area (TPSA) is 32.3 Å². The highest BCUT2D eigenvalue weighted by Crippen LogP contribution is 2.49. The summed E-state index contributed by atoms with van der Waals surface area (Å²) in [5, 5.41) is 3.64. The maximum atomic E-state index is 13.1. The van der Waals surface area contributed by atoms with Gasteiger partial charge in [0.25, 0.3) is 0 Å². The van der Waals surface area contributed by atoms with Gasteiger partial charge in [-0.1, -0.05) is 6.42 Å². The molecule has 2 saturated heterocycles. The molecule has 2 bridgehead atoms. The first kappa shape index (κ1) is 13.1. The quantitative estimate of drug-likeness (QED) is 0.840. The molecule has 2 heterocycles. The molecule has 3 nitrogen and oxygen atoms in total. The van der Waals surface area contributed by atoms with Crippen molar-refractivity contribution >= 4 is 5.91 Å². The average Bonchev–Trinajstić information content (AvgIpc) is 3.23. The van der Waals surface area contributed by atoms with Crippen LogP contribution in [0.3, 0.4) is 0 Å². The molecule has 0 radical (unpaired) electrons. The van der Waals surface area contributed by atoms with Gasteiger partial charge in [-0.15, -0.1) is 0 Å². The zero-order valence-corrected chi connectivity index (χ0v) is 12.5. The molecule has 5 atom stereocenters. The number of nitrogens with one attached hydrogen (secondary N) is 1. The molecular formula is C17H28N2O. The second-order valence-electron chi connectivity index (χ2n) is 7.58. The third-order valence-corrected chi connectivity index (χ3v) is 6.45. The largest absolute Gasteiger partial charge is 0.338 e. The Morgan fingerprint density at radius 2 is 1.95 bits per heavy atom. The first-order valence-corrected chi connectivity index (χ1v) is 8.87. The van der Waals surface area contributed by atoms with Crippen LogP contribution in [0.2, 0.25) is 0 Å². The molecule has 5 unspecified atom stereocenters. The molecule has 2 saturated carbocycles. The van der Waals surface area contributed by atoms with Crippen molar-refractivity contribution in [3.63, 3.8) is 0 Å².